The van der Waals surface area contributed by atoms with Crippen molar-refractivity contribution in [3.05, 3.63) is 63.5 Å². The first-order valence-corrected chi connectivity index (χ1v) is 12.7. The zero-order chi connectivity index (χ0) is 23.9. The van der Waals surface area contributed by atoms with E-state index in [1.807, 2.05) is 24.3 Å². The van der Waals surface area contributed by atoms with E-state index in [0.29, 0.717) is 25.9 Å². The maximum absolute atomic E-state index is 13.2. The number of hydrogen-bond acceptors (Lipinski definition) is 4. The number of nitrogens with one attached hydrogen (secondary N) is 1. The van der Waals surface area contributed by atoms with Gasteiger partial charge in [-0.25, -0.2) is 13.2 Å². The molecule has 4 rings (SSSR count). The number of aromatic amines is 1. The second kappa shape index (κ2) is 8.96. The third-order valence-corrected chi connectivity index (χ3v) is 8.67. The maximum Gasteiger partial charge on any atom is 0.326 e. The molecule has 10 heteroatoms. The van der Waals surface area contributed by atoms with E-state index in [-0.39, 0.29) is 39.2 Å². The van der Waals surface area contributed by atoms with Gasteiger partial charge >= 0.3 is 5.69 Å². The highest BCUT2D eigenvalue weighted by molar-refractivity contribution is 7.89. The molecule has 176 valence electrons. The monoisotopic (exact) mass is 490 g/mol. The Morgan fingerprint density at radius 2 is 1.82 bits per heavy atom. The number of benzene rings is 2. The van der Waals surface area contributed by atoms with E-state index in [4.69, 9.17) is 11.6 Å². The molecule has 1 fully saturated rings. The summed E-state index contributed by atoms with van der Waals surface area (Å²) in [6.07, 6.45) is 1.22. The number of likely N-dealkylation sites (tertiary alicyclic amines) is 1. The van der Waals surface area contributed by atoms with E-state index in [0.717, 1.165) is 11.0 Å². The van der Waals surface area contributed by atoms with Crippen LogP contribution in [0.25, 0.3) is 11.0 Å². The van der Waals surface area contributed by atoms with Gasteiger partial charge in [-0.05, 0) is 57.0 Å². The van der Waals surface area contributed by atoms with Gasteiger partial charge in [0.05, 0.1) is 26.5 Å². The molecule has 1 aromatic heterocycles. The number of amides is 1. The quantitative estimate of drug-likeness (QED) is 0.592. The highest BCUT2D eigenvalue weighted by atomic mass is 35.5. The lowest BCUT2D eigenvalue weighted by molar-refractivity contribution is 0.0695. The number of carbonyl (C=O) groups is 1. The number of sulfonamides is 1. The van der Waals surface area contributed by atoms with E-state index in [1.165, 1.54) is 29.6 Å². The number of aromatic nitrogens is 2. The first kappa shape index (κ1) is 23.5. The van der Waals surface area contributed by atoms with E-state index < -0.39 is 10.0 Å². The number of halogens is 1. The molecule has 1 saturated heterocycles. The van der Waals surface area contributed by atoms with Crippen molar-refractivity contribution in [1.29, 1.82) is 0 Å². The molecule has 1 amide bonds. The fourth-order valence-electron chi connectivity index (χ4n) is 4.21. The normalized spacial score (nSPS) is 15.6. The van der Waals surface area contributed by atoms with Gasteiger partial charge in [-0.1, -0.05) is 23.7 Å². The smallest absolute Gasteiger partial charge is 0.326 e. The number of fused-ring (bicyclic) bond motifs is 1. The van der Waals surface area contributed by atoms with Crippen LogP contribution in [0.15, 0.2) is 52.2 Å². The van der Waals surface area contributed by atoms with Gasteiger partial charge in [0.2, 0.25) is 10.0 Å². The Hall–Kier alpha value is -2.62. The number of piperidine rings is 1. The molecule has 0 saturated carbocycles. The summed E-state index contributed by atoms with van der Waals surface area (Å²) < 4.78 is 28.8. The molecule has 0 spiro atoms. The van der Waals surface area contributed by atoms with Crippen molar-refractivity contribution in [2.24, 2.45) is 0 Å². The molecule has 0 bridgehead atoms. The minimum atomic E-state index is -3.74. The van der Waals surface area contributed by atoms with Crippen molar-refractivity contribution in [3.63, 3.8) is 0 Å². The third-order valence-electron chi connectivity index (χ3n) is 6.31. The zero-order valence-electron chi connectivity index (χ0n) is 18.8. The van der Waals surface area contributed by atoms with Crippen LogP contribution in [0.2, 0.25) is 5.02 Å². The second-order valence-corrected chi connectivity index (χ2v) is 11.0. The molecule has 0 unspecified atom stereocenters. The average molecular weight is 491 g/mol. The fourth-order valence-corrected chi connectivity index (χ4v) is 5.80. The molecule has 1 aliphatic rings. The van der Waals surface area contributed by atoms with E-state index >= 15 is 0 Å². The van der Waals surface area contributed by atoms with Crippen LogP contribution < -0.4 is 5.69 Å². The number of carbonyl (C=O) groups excluding carboxylic acids is 1. The van der Waals surface area contributed by atoms with Crippen molar-refractivity contribution in [3.8, 4) is 0 Å². The first-order valence-electron chi connectivity index (χ1n) is 10.9. The predicted octanol–water partition coefficient (Wildman–Crippen LogP) is 3.49. The third kappa shape index (κ3) is 4.32. The van der Waals surface area contributed by atoms with Gasteiger partial charge in [-0.15, -0.1) is 0 Å². The van der Waals surface area contributed by atoms with Crippen molar-refractivity contribution < 1.29 is 13.2 Å². The average Bonchev–Trinajstić information content (AvgIpc) is 3.14. The molecule has 1 N–H and O–H groups in total. The van der Waals surface area contributed by atoms with Crippen LogP contribution in [-0.4, -0.2) is 59.3 Å². The summed E-state index contributed by atoms with van der Waals surface area (Å²) in [5.74, 6) is -0.311. The SMILES string of the molecule is CC(C)N(C)S(=O)(=O)c1ccc(Cl)c(C(=O)N2CCC(n3c(=O)[nH]c4ccccc43)CC2)c1. The molecule has 1 aliphatic heterocycles. The lowest BCUT2D eigenvalue weighted by Crippen LogP contribution is -2.40. The lowest BCUT2D eigenvalue weighted by Gasteiger charge is -2.33. The summed E-state index contributed by atoms with van der Waals surface area (Å²) >= 11 is 6.29. The molecule has 0 aliphatic carbocycles. The van der Waals surface area contributed by atoms with E-state index in [1.54, 1.807) is 23.3 Å². The van der Waals surface area contributed by atoms with Crippen LogP contribution in [0.5, 0.6) is 0 Å². The summed E-state index contributed by atoms with van der Waals surface area (Å²) in [5.41, 5.74) is 1.65. The number of imidazole rings is 1. The van der Waals surface area contributed by atoms with Gasteiger partial charge in [0.1, 0.15) is 0 Å². The second-order valence-electron chi connectivity index (χ2n) is 8.60. The summed E-state index contributed by atoms with van der Waals surface area (Å²) in [5, 5.41) is 0.209. The Balaban J connectivity index is 1.54. The van der Waals surface area contributed by atoms with Gasteiger partial charge < -0.3 is 9.88 Å². The number of nitrogens with zero attached hydrogens (tertiary/aromatic N) is 3. The van der Waals surface area contributed by atoms with Crippen LogP contribution >= 0.6 is 11.6 Å². The Bertz CT molecular complexity index is 1350. The first-order chi connectivity index (χ1) is 15.6. The lowest BCUT2D eigenvalue weighted by atomic mass is 10.0. The van der Waals surface area contributed by atoms with Crippen LogP contribution in [-0.2, 0) is 10.0 Å². The van der Waals surface area contributed by atoms with Crippen LogP contribution in [0.4, 0.5) is 0 Å². The van der Waals surface area contributed by atoms with Crippen molar-refractivity contribution >= 4 is 38.6 Å². The Labute approximate surface area is 197 Å². The Morgan fingerprint density at radius 1 is 1.15 bits per heavy atom. The zero-order valence-corrected chi connectivity index (χ0v) is 20.4. The number of rotatable bonds is 5. The molecule has 2 aromatic carbocycles. The number of hydrogen-bond donors (Lipinski definition) is 1. The number of para-hydroxylation sites is 2. The van der Waals surface area contributed by atoms with Crippen LogP contribution in [0.1, 0.15) is 43.1 Å². The minimum Gasteiger partial charge on any atom is -0.338 e. The molecular formula is C23H27ClN4O4S. The molecule has 3 aromatic rings. The predicted molar refractivity (Wildman–Crippen MR) is 128 cm³/mol. The van der Waals surface area contributed by atoms with Gasteiger partial charge in [-0.2, -0.15) is 4.31 Å². The standard InChI is InChI=1S/C23H27ClN4O4S/c1-15(2)26(3)33(31,32)17-8-9-19(24)18(14-17)22(29)27-12-10-16(11-13-27)28-21-7-5-4-6-20(21)25-23(28)30/h4-9,14-16H,10-13H2,1-3H3,(H,25,30). The van der Waals surface area contributed by atoms with E-state index in [2.05, 4.69) is 4.98 Å². The summed E-state index contributed by atoms with van der Waals surface area (Å²) in [4.78, 5) is 30.3. The van der Waals surface area contributed by atoms with Gasteiger partial charge in [0, 0.05) is 32.2 Å². The van der Waals surface area contributed by atoms with E-state index in [9.17, 15) is 18.0 Å². The molecule has 33 heavy (non-hydrogen) atoms. The van der Waals surface area contributed by atoms with Gasteiger partial charge in [-0.3, -0.25) is 9.36 Å². The summed E-state index contributed by atoms with van der Waals surface area (Å²) in [6, 6.07) is 11.5. The highest BCUT2D eigenvalue weighted by Gasteiger charge is 2.29. The Morgan fingerprint density at radius 3 is 2.48 bits per heavy atom. The summed E-state index contributed by atoms with van der Waals surface area (Å²) in [7, 11) is -2.24. The van der Waals surface area contributed by atoms with Crippen LogP contribution in [0.3, 0.4) is 0 Å². The fraction of sp³-hybridized carbons (Fsp3) is 0.391. The Kier molecular flexibility index (Phi) is 6.39. The van der Waals surface area contributed by atoms with Crippen LogP contribution in [0, 0.1) is 0 Å². The highest BCUT2D eigenvalue weighted by Crippen LogP contribution is 2.28. The molecule has 2 heterocycles. The van der Waals surface area contributed by atoms with Gasteiger partial charge in [0.15, 0.2) is 0 Å². The maximum atomic E-state index is 13.2. The molecular weight excluding hydrogens is 464 g/mol. The minimum absolute atomic E-state index is 0.0282. The molecule has 0 radical (unpaired) electrons. The van der Waals surface area contributed by atoms with Crippen molar-refractivity contribution in [2.75, 3.05) is 20.1 Å². The molecule has 0 atom stereocenters. The van der Waals surface area contributed by atoms with Crippen molar-refractivity contribution in [2.45, 2.75) is 43.7 Å². The topological polar surface area (TPSA) is 95.5 Å². The largest absolute Gasteiger partial charge is 0.338 e. The number of H-pyrrole nitrogens is 1. The molecule has 8 nitrogen and oxygen atoms in total. The summed E-state index contributed by atoms with van der Waals surface area (Å²) in [6.45, 7) is 4.44. The van der Waals surface area contributed by atoms with Crippen molar-refractivity contribution in [1.82, 2.24) is 18.8 Å². The van der Waals surface area contributed by atoms with Gasteiger partial charge in [0.25, 0.3) is 5.91 Å².